The van der Waals surface area contributed by atoms with Crippen LogP contribution in [0.1, 0.15) is 22.4 Å². The molecule has 1 fully saturated rings. The highest BCUT2D eigenvalue weighted by Crippen LogP contribution is 2.23. The Bertz CT molecular complexity index is 1060. The maximum absolute atomic E-state index is 12.9. The van der Waals surface area contributed by atoms with Gasteiger partial charge in [-0.2, -0.15) is 0 Å². The zero-order valence-corrected chi connectivity index (χ0v) is 17.9. The second-order valence-corrected chi connectivity index (χ2v) is 8.10. The van der Waals surface area contributed by atoms with E-state index in [1.165, 1.54) is 16.8 Å². The molecule has 29 heavy (non-hydrogen) atoms. The lowest BCUT2D eigenvalue weighted by molar-refractivity contribution is 0.242. The van der Waals surface area contributed by atoms with E-state index in [1.54, 1.807) is 4.68 Å². The smallest absolute Gasteiger partial charge is 0.274 e. The summed E-state index contributed by atoms with van der Waals surface area (Å²) in [6, 6.07) is 16.6. The first-order valence-corrected chi connectivity index (χ1v) is 10.3. The summed E-state index contributed by atoms with van der Waals surface area (Å²) in [5.74, 6) is 0. The van der Waals surface area contributed by atoms with Crippen molar-refractivity contribution in [2.45, 2.75) is 27.3 Å². The molecule has 152 valence electrons. The number of piperazine rings is 1. The minimum absolute atomic E-state index is 0.0719. The summed E-state index contributed by atoms with van der Waals surface area (Å²) in [7, 11) is 1.99. The summed E-state index contributed by atoms with van der Waals surface area (Å²) < 4.78 is 3.79. The summed E-state index contributed by atoms with van der Waals surface area (Å²) in [6.45, 7) is 11.1. The molecule has 0 bridgehead atoms. The molecule has 2 heterocycles. The van der Waals surface area contributed by atoms with Crippen molar-refractivity contribution >= 4 is 5.69 Å². The van der Waals surface area contributed by atoms with Gasteiger partial charge in [-0.1, -0.05) is 35.9 Å². The van der Waals surface area contributed by atoms with Crippen LogP contribution in [0.5, 0.6) is 0 Å². The number of rotatable bonds is 4. The topological polar surface area (TPSA) is 33.4 Å². The van der Waals surface area contributed by atoms with E-state index in [0.717, 1.165) is 49.7 Å². The number of benzene rings is 2. The number of nitrogens with zero attached hydrogens (tertiary/aromatic N) is 4. The normalized spacial score (nSPS) is 15.1. The van der Waals surface area contributed by atoms with Gasteiger partial charge in [0.2, 0.25) is 0 Å². The number of hydrogen-bond acceptors (Lipinski definition) is 3. The predicted molar refractivity (Wildman–Crippen MR) is 119 cm³/mol. The third kappa shape index (κ3) is 3.75. The standard InChI is InChI=1S/C24H30N4O/c1-18-10-11-22(19(2)16-18)27-14-12-26(13-15-27)17-23-20(3)24(29)28(25(23)4)21-8-6-5-7-9-21/h5-11,16H,12-15,17H2,1-4H3. The zero-order valence-electron chi connectivity index (χ0n) is 17.9. The lowest BCUT2D eigenvalue weighted by Gasteiger charge is -2.37. The van der Waals surface area contributed by atoms with Crippen molar-refractivity contribution in [3.63, 3.8) is 0 Å². The van der Waals surface area contributed by atoms with Crippen molar-refractivity contribution in [2.75, 3.05) is 31.1 Å². The molecule has 1 aromatic heterocycles. The van der Waals surface area contributed by atoms with Crippen molar-refractivity contribution in [1.82, 2.24) is 14.3 Å². The van der Waals surface area contributed by atoms with Crippen LogP contribution in [0, 0.1) is 20.8 Å². The largest absolute Gasteiger partial charge is 0.369 e. The Balaban J connectivity index is 1.49. The van der Waals surface area contributed by atoms with E-state index in [2.05, 4.69) is 41.8 Å². The molecule has 3 aromatic rings. The second kappa shape index (κ2) is 7.91. The molecule has 2 aromatic carbocycles. The van der Waals surface area contributed by atoms with Crippen LogP contribution >= 0.6 is 0 Å². The van der Waals surface area contributed by atoms with Gasteiger partial charge in [0, 0.05) is 51.0 Å². The van der Waals surface area contributed by atoms with Crippen molar-refractivity contribution in [3.8, 4) is 5.69 Å². The fourth-order valence-electron chi connectivity index (χ4n) is 4.38. The molecule has 5 nitrogen and oxygen atoms in total. The molecule has 5 heteroatoms. The Kier molecular flexibility index (Phi) is 5.33. The van der Waals surface area contributed by atoms with Crippen LogP contribution in [-0.4, -0.2) is 40.4 Å². The first kappa shape index (κ1) is 19.5. The molecule has 0 amide bonds. The van der Waals surface area contributed by atoms with Gasteiger partial charge in [0.15, 0.2) is 0 Å². The molecule has 0 unspecified atom stereocenters. The molecule has 0 N–H and O–H groups in total. The molecule has 0 radical (unpaired) electrons. The molecular weight excluding hydrogens is 360 g/mol. The van der Waals surface area contributed by atoms with Gasteiger partial charge in [-0.05, 0) is 44.5 Å². The fourth-order valence-corrected chi connectivity index (χ4v) is 4.38. The number of para-hydroxylation sites is 1. The summed E-state index contributed by atoms with van der Waals surface area (Å²) in [6.07, 6.45) is 0. The molecule has 4 rings (SSSR count). The molecule has 0 saturated carbocycles. The Hall–Kier alpha value is -2.79. The number of aryl methyl sites for hydroxylation is 2. The van der Waals surface area contributed by atoms with Gasteiger partial charge in [0.1, 0.15) is 0 Å². The first-order valence-electron chi connectivity index (χ1n) is 10.3. The fraction of sp³-hybridized carbons (Fsp3) is 0.375. The average molecular weight is 391 g/mol. The summed E-state index contributed by atoms with van der Waals surface area (Å²) >= 11 is 0. The van der Waals surface area contributed by atoms with E-state index in [9.17, 15) is 4.79 Å². The van der Waals surface area contributed by atoms with Crippen molar-refractivity contribution < 1.29 is 0 Å². The highest BCUT2D eigenvalue weighted by atomic mass is 16.1. The highest BCUT2D eigenvalue weighted by molar-refractivity contribution is 5.54. The summed E-state index contributed by atoms with van der Waals surface area (Å²) in [4.78, 5) is 17.8. The average Bonchev–Trinajstić information content (AvgIpc) is 2.93. The van der Waals surface area contributed by atoms with Crippen LogP contribution < -0.4 is 10.5 Å². The summed E-state index contributed by atoms with van der Waals surface area (Å²) in [5, 5.41) is 0. The van der Waals surface area contributed by atoms with Crippen LogP contribution in [-0.2, 0) is 13.6 Å². The second-order valence-electron chi connectivity index (χ2n) is 8.10. The van der Waals surface area contributed by atoms with Gasteiger partial charge in [0.25, 0.3) is 5.56 Å². The Morgan fingerprint density at radius 1 is 0.897 bits per heavy atom. The molecule has 1 aliphatic rings. The molecule has 1 aliphatic heterocycles. The Morgan fingerprint density at radius 3 is 2.24 bits per heavy atom. The molecule has 1 saturated heterocycles. The van der Waals surface area contributed by atoms with Gasteiger partial charge < -0.3 is 4.90 Å². The van der Waals surface area contributed by atoms with E-state index in [4.69, 9.17) is 0 Å². The summed E-state index contributed by atoms with van der Waals surface area (Å²) in [5.41, 5.74) is 6.92. The van der Waals surface area contributed by atoms with E-state index in [-0.39, 0.29) is 5.56 Å². The SMILES string of the molecule is Cc1ccc(N2CCN(Cc3c(C)c(=O)n(-c4ccccc4)n3C)CC2)c(C)c1. The molecule has 0 atom stereocenters. The van der Waals surface area contributed by atoms with Crippen LogP contribution in [0.25, 0.3) is 5.69 Å². The third-order valence-corrected chi connectivity index (χ3v) is 6.08. The lowest BCUT2D eigenvalue weighted by Crippen LogP contribution is -2.46. The van der Waals surface area contributed by atoms with Gasteiger partial charge in [0.05, 0.1) is 11.4 Å². The van der Waals surface area contributed by atoms with Gasteiger partial charge in [-0.15, -0.1) is 0 Å². The van der Waals surface area contributed by atoms with Gasteiger partial charge >= 0.3 is 0 Å². The quantitative estimate of drug-likeness (QED) is 0.684. The maximum Gasteiger partial charge on any atom is 0.274 e. The zero-order chi connectivity index (χ0) is 20.5. The van der Waals surface area contributed by atoms with Crippen molar-refractivity contribution in [3.05, 3.63) is 81.3 Å². The van der Waals surface area contributed by atoms with E-state index in [0.29, 0.717) is 0 Å². The van der Waals surface area contributed by atoms with Gasteiger partial charge in [-0.25, -0.2) is 4.68 Å². The van der Waals surface area contributed by atoms with E-state index >= 15 is 0 Å². The van der Waals surface area contributed by atoms with Crippen LogP contribution in [0.4, 0.5) is 5.69 Å². The van der Waals surface area contributed by atoms with Gasteiger partial charge in [-0.3, -0.25) is 14.4 Å². The number of hydrogen-bond donors (Lipinski definition) is 0. The number of aromatic nitrogens is 2. The molecule has 0 aliphatic carbocycles. The minimum atomic E-state index is 0.0719. The van der Waals surface area contributed by atoms with E-state index < -0.39 is 0 Å². The molecular formula is C24H30N4O. The molecule has 0 spiro atoms. The minimum Gasteiger partial charge on any atom is -0.369 e. The lowest BCUT2D eigenvalue weighted by atomic mass is 10.1. The maximum atomic E-state index is 12.9. The number of anilines is 1. The Labute approximate surface area is 172 Å². The highest BCUT2D eigenvalue weighted by Gasteiger charge is 2.22. The van der Waals surface area contributed by atoms with Crippen molar-refractivity contribution in [2.24, 2.45) is 7.05 Å². The third-order valence-electron chi connectivity index (χ3n) is 6.08. The van der Waals surface area contributed by atoms with Crippen LogP contribution in [0.2, 0.25) is 0 Å². The van der Waals surface area contributed by atoms with Crippen molar-refractivity contribution in [1.29, 1.82) is 0 Å². The first-order chi connectivity index (χ1) is 14.0. The van der Waals surface area contributed by atoms with E-state index in [1.807, 2.05) is 49.0 Å². The Morgan fingerprint density at radius 2 is 1.59 bits per heavy atom. The predicted octanol–water partition coefficient (Wildman–Crippen LogP) is 3.42. The van der Waals surface area contributed by atoms with Crippen LogP contribution in [0.15, 0.2) is 53.3 Å². The van der Waals surface area contributed by atoms with Crippen LogP contribution in [0.3, 0.4) is 0 Å². The monoisotopic (exact) mass is 390 g/mol.